The zero-order chi connectivity index (χ0) is 24.8. The van der Waals surface area contributed by atoms with Crippen molar-refractivity contribution in [3.63, 3.8) is 0 Å². The molecule has 188 valence electrons. The Balaban J connectivity index is 2.26. The van der Waals surface area contributed by atoms with E-state index >= 15 is 0 Å². The summed E-state index contributed by atoms with van der Waals surface area (Å²) in [5, 5.41) is 2.95. The number of nitrogen functional groups attached to an aromatic ring is 1. The van der Waals surface area contributed by atoms with Gasteiger partial charge in [-0.05, 0) is 25.0 Å². The molecule has 0 unspecified atom stereocenters. The van der Waals surface area contributed by atoms with Crippen LogP contribution in [0.25, 0.3) is 0 Å². The second kappa shape index (κ2) is 14.9. The minimum absolute atomic E-state index is 0.306. The molecule has 0 fully saturated rings. The quantitative estimate of drug-likeness (QED) is 0.215. The fourth-order valence-corrected chi connectivity index (χ4v) is 3.60. The van der Waals surface area contributed by atoms with Crippen molar-refractivity contribution in [2.45, 2.75) is 65.2 Å². The van der Waals surface area contributed by atoms with E-state index in [2.05, 4.69) is 19.2 Å². The molecule has 0 saturated carbocycles. The number of unbranched alkanes of at least 4 members (excludes halogenated alkanes) is 6. The molecule has 0 aromatic heterocycles. The molecule has 0 heterocycles. The number of ether oxygens (including phenoxy) is 4. The maximum atomic E-state index is 13.3. The lowest BCUT2D eigenvalue weighted by molar-refractivity contribution is 0.102. The number of rotatable bonds is 16. The number of nitrogens with one attached hydrogen (secondary N) is 1. The Labute approximate surface area is 203 Å². The molecule has 34 heavy (non-hydrogen) atoms. The molecule has 7 heteroatoms. The lowest BCUT2D eigenvalue weighted by atomic mass is 10.1. The highest BCUT2D eigenvalue weighted by Crippen LogP contribution is 2.37. The van der Waals surface area contributed by atoms with Crippen LogP contribution in [0.15, 0.2) is 30.3 Å². The summed E-state index contributed by atoms with van der Waals surface area (Å²) >= 11 is 0. The number of nitrogens with two attached hydrogens (primary N) is 1. The predicted molar refractivity (Wildman–Crippen MR) is 138 cm³/mol. The monoisotopic (exact) mass is 472 g/mol. The number of hydrogen-bond acceptors (Lipinski definition) is 6. The third-order valence-corrected chi connectivity index (χ3v) is 5.53. The van der Waals surface area contributed by atoms with E-state index < -0.39 is 0 Å². The number of hydrogen-bond donors (Lipinski definition) is 2. The van der Waals surface area contributed by atoms with Crippen LogP contribution in [0, 0.1) is 0 Å². The van der Waals surface area contributed by atoms with Gasteiger partial charge in [0.15, 0.2) is 0 Å². The Bertz CT molecular complexity index is 879. The maximum absolute atomic E-state index is 13.3. The Morgan fingerprint density at radius 2 is 1.35 bits per heavy atom. The van der Waals surface area contributed by atoms with Crippen LogP contribution in [0.2, 0.25) is 0 Å². The normalized spacial score (nSPS) is 10.6. The highest BCUT2D eigenvalue weighted by Gasteiger charge is 2.21. The van der Waals surface area contributed by atoms with Crippen molar-refractivity contribution in [2.75, 3.05) is 38.5 Å². The van der Waals surface area contributed by atoms with Crippen LogP contribution < -0.4 is 30.0 Å². The maximum Gasteiger partial charge on any atom is 0.263 e. The van der Waals surface area contributed by atoms with Crippen LogP contribution in [0.5, 0.6) is 23.0 Å². The van der Waals surface area contributed by atoms with Gasteiger partial charge in [-0.3, -0.25) is 4.79 Å². The topological polar surface area (TPSA) is 92.0 Å². The second-order valence-electron chi connectivity index (χ2n) is 8.20. The summed E-state index contributed by atoms with van der Waals surface area (Å²) < 4.78 is 22.7. The summed E-state index contributed by atoms with van der Waals surface area (Å²) in [5.41, 5.74) is 7.53. The average molecular weight is 473 g/mol. The van der Waals surface area contributed by atoms with E-state index in [-0.39, 0.29) is 5.91 Å². The fourth-order valence-electron chi connectivity index (χ4n) is 3.60. The van der Waals surface area contributed by atoms with Crippen LogP contribution in [0.1, 0.15) is 75.6 Å². The van der Waals surface area contributed by atoms with Crippen molar-refractivity contribution in [3.05, 3.63) is 35.9 Å². The zero-order valence-corrected chi connectivity index (χ0v) is 21.1. The summed E-state index contributed by atoms with van der Waals surface area (Å²) in [4.78, 5) is 13.3. The average Bonchev–Trinajstić information content (AvgIpc) is 2.85. The first-order valence-corrected chi connectivity index (χ1v) is 12.3. The van der Waals surface area contributed by atoms with E-state index in [1.807, 2.05) is 0 Å². The molecule has 2 rings (SSSR count). The van der Waals surface area contributed by atoms with Gasteiger partial charge in [0.05, 0.1) is 38.8 Å². The summed E-state index contributed by atoms with van der Waals surface area (Å²) in [5.74, 6) is 1.50. The Morgan fingerprint density at radius 1 is 0.794 bits per heavy atom. The molecule has 1 amide bonds. The van der Waals surface area contributed by atoms with Crippen molar-refractivity contribution in [1.82, 2.24) is 0 Å². The van der Waals surface area contributed by atoms with Crippen molar-refractivity contribution in [2.24, 2.45) is 0 Å². The van der Waals surface area contributed by atoms with Crippen molar-refractivity contribution in [3.8, 4) is 23.0 Å². The van der Waals surface area contributed by atoms with Crippen LogP contribution in [-0.2, 0) is 0 Å². The number of benzene rings is 2. The van der Waals surface area contributed by atoms with Gasteiger partial charge >= 0.3 is 0 Å². The largest absolute Gasteiger partial charge is 0.496 e. The van der Waals surface area contributed by atoms with Crippen molar-refractivity contribution < 1.29 is 23.7 Å². The Morgan fingerprint density at radius 3 is 1.88 bits per heavy atom. The number of methoxy groups -OCH3 is 2. The molecule has 0 aliphatic rings. The molecule has 7 nitrogen and oxygen atoms in total. The Kier molecular flexibility index (Phi) is 11.9. The smallest absolute Gasteiger partial charge is 0.263 e. The molecule has 0 bridgehead atoms. The molecule has 0 saturated heterocycles. The van der Waals surface area contributed by atoms with Gasteiger partial charge in [-0.1, -0.05) is 58.4 Å². The first-order chi connectivity index (χ1) is 16.5. The molecule has 2 aromatic carbocycles. The van der Waals surface area contributed by atoms with Gasteiger partial charge in [-0.15, -0.1) is 0 Å². The number of amides is 1. The van der Waals surface area contributed by atoms with Gasteiger partial charge in [-0.2, -0.15) is 0 Å². The van der Waals surface area contributed by atoms with E-state index in [9.17, 15) is 4.79 Å². The highest BCUT2D eigenvalue weighted by atomic mass is 16.5. The van der Waals surface area contributed by atoms with Gasteiger partial charge < -0.3 is 30.0 Å². The number of carbonyl (C=O) groups is 1. The third kappa shape index (κ3) is 8.04. The van der Waals surface area contributed by atoms with Crippen LogP contribution in [-0.4, -0.2) is 33.3 Å². The summed E-state index contributed by atoms with van der Waals surface area (Å²) in [7, 11) is 3.04. The summed E-state index contributed by atoms with van der Waals surface area (Å²) in [6.07, 6.45) is 8.71. The zero-order valence-electron chi connectivity index (χ0n) is 21.1. The number of carbonyl (C=O) groups excluding carboxylic acids is 1. The van der Waals surface area contributed by atoms with Crippen LogP contribution in [0.4, 0.5) is 11.4 Å². The lowest BCUT2D eigenvalue weighted by Gasteiger charge is -2.18. The fraction of sp³-hybridized carbons (Fsp3) is 0.519. The molecule has 2 aromatic rings. The van der Waals surface area contributed by atoms with Gasteiger partial charge in [-0.25, -0.2) is 0 Å². The summed E-state index contributed by atoms with van der Waals surface area (Å²) in [6, 6.07) is 8.66. The van der Waals surface area contributed by atoms with E-state index in [0.29, 0.717) is 53.2 Å². The van der Waals surface area contributed by atoms with Crippen molar-refractivity contribution >= 4 is 17.3 Å². The van der Waals surface area contributed by atoms with Gasteiger partial charge in [0.1, 0.15) is 28.6 Å². The molecular weight excluding hydrogens is 432 g/mol. The molecular formula is C27H40N2O5. The second-order valence-corrected chi connectivity index (χ2v) is 8.20. The van der Waals surface area contributed by atoms with Gasteiger partial charge in [0.25, 0.3) is 5.91 Å². The van der Waals surface area contributed by atoms with E-state index in [0.717, 1.165) is 44.9 Å². The lowest BCUT2D eigenvalue weighted by Crippen LogP contribution is -2.16. The molecule has 0 atom stereocenters. The number of anilines is 2. The highest BCUT2D eigenvalue weighted by molar-refractivity contribution is 6.09. The van der Waals surface area contributed by atoms with Crippen LogP contribution >= 0.6 is 0 Å². The molecule has 0 aliphatic carbocycles. The SMILES string of the molecule is CCCCCCOc1cc(NC(=O)c2c(OC)cccc2OC)c(OCCCCCC)cc1N. The van der Waals surface area contributed by atoms with Gasteiger partial charge in [0.2, 0.25) is 0 Å². The molecule has 0 spiro atoms. The van der Waals surface area contributed by atoms with E-state index in [4.69, 9.17) is 24.7 Å². The van der Waals surface area contributed by atoms with Crippen molar-refractivity contribution in [1.29, 1.82) is 0 Å². The van der Waals surface area contributed by atoms with E-state index in [1.54, 1.807) is 30.3 Å². The first kappa shape index (κ1) is 27.2. The van der Waals surface area contributed by atoms with Crippen LogP contribution in [0.3, 0.4) is 0 Å². The molecule has 0 aliphatic heterocycles. The third-order valence-electron chi connectivity index (χ3n) is 5.53. The van der Waals surface area contributed by atoms with E-state index in [1.165, 1.54) is 20.6 Å². The molecule has 0 radical (unpaired) electrons. The molecule has 3 N–H and O–H groups in total. The minimum atomic E-state index is -0.371. The minimum Gasteiger partial charge on any atom is -0.496 e. The Hall–Kier alpha value is -3.09. The van der Waals surface area contributed by atoms with Gasteiger partial charge in [0, 0.05) is 12.1 Å². The predicted octanol–water partition coefficient (Wildman–Crippen LogP) is 6.46. The summed E-state index contributed by atoms with van der Waals surface area (Å²) in [6.45, 7) is 5.44. The standard InChI is InChI=1S/C27H40N2O5/c1-5-7-9-11-16-33-24-19-21(25(18-20(24)28)34-17-12-10-8-6-2)29-27(30)26-22(31-3)14-13-15-23(26)32-4/h13-15,18-19H,5-12,16-17,28H2,1-4H3,(H,29,30). The first-order valence-electron chi connectivity index (χ1n) is 12.3.